The van der Waals surface area contributed by atoms with Gasteiger partial charge in [0.25, 0.3) is 11.8 Å². The van der Waals surface area contributed by atoms with Crippen molar-refractivity contribution >= 4 is 52.7 Å². The number of carbonyl (C=O) groups excluding carboxylic acids is 3. The summed E-state index contributed by atoms with van der Waals surface area (Å²) in [5, 5.41) is 6.19. The number of hydrogen-bond donors (Lipinski definition) is 2. The Morgan fingerprint density at radius 1 is 1.07 bits per heavy atom. The van der Waals surface area contributed by atoms with Crippen LogP contribution in [0, 0.1) is 0 Å². The van der Waals surface area contributed by atoms with Gasteiger partial charge in [-0.2, -0.15) is 11.8 Å². The number of esters is 1. The van der Waals surface area contributed by atoms with Crippen LogP contribution in [0.2, 0.25) is 10.0 Å². The van der Waals surface area contributed by atoms with E-state index in [4.69, 9.17) is 27.9 Å². The van der Waals surface area contributed by atoms with Gasteiger partial charge in [-0.1, -0.05) is 47.5 Å². The van der Waals surface area contributed by atoms with Crippen LogP contribution >= 0.6 is 35.0 Å². The normalized spacial score (nSPS) is 11.4. The first-order valence-corrected chi connectivity index (χ1v) is 11.3. The fourth-order valence-electron chi connectivity index (χ4n) is 2.46. The summed E-state index contributed by atoms with van der Waals surface area (Å²) in [6.45, 7) is -0.156. The van der Waals surface area contributed by atoms with Crippen molar-refractivity contribution in [3.63, 3.8) is 0 Å². The monoisotopic (exact) mass is 468 g/mol. The zero-order chi connectivity index (χ0) is 21.9. The number of rotatable bonds is 10. The Kier molecular flexibility index (Phi) is 10.00. The Morgan fingerprint density at radius 3 is 2.43 bits per heavy atom. The number of thioether (sulfide) groups is 1. The number of halogens is 2. The zero-order valence-corrected chi connectivity index (χ0v) is 18.7. The molecule has 0 fully saturated rings. The molecule has 0 spiro atoms. The number of amides is 2. The van der Waals surface area contributed by atoms with Crippen LogP contribution in [0.25, 0.3) is 0 Å². The maximum absolute atomic E-state index is 12.5. The fourth-order valence-corrected chi connectivity index (χ4v) is 3.28. The van der Waals surface area contributed by atoms with Crippen molar-refractivity contribution in [3.8, 4) is 0 Å². The molecule has 160 valence electrons. The third kappa shape index (κ3) is 7.89. The topological polar surface area (TPSA) is 84.5 Å². The molecule has 30 heavy (non-hydrogen) atoms. The summed E-state index contributed by atoms with van der Waals surface area (Å²) in [5.74, 6) is -0.966. The molecule has 9 heteroatoms. The van der Waals surface area contributed by atoms with Crippen LogP contribution in [-0.4, -0.2) is 42.4 Å². The highest BCUT2D eigenvalue weighted by molar-refractivity contribution is 7.98. The van der Waals surface area contributed by atoms with Crippen LogP contribution in [0.15, 0.2) is 48.5 Å². The molecule has 2 aromatic carbocycles. The Hall–Kier alpha value is -2.22. The number of ether oxygens (including phenoxy) is 1. The van der Waals surface area contributed by atoms with Crippen LogP contribution in [0.3, 0.4) is 0 Å². The summed E-state index contributed by atoms with van der Waals surface area (Å²) in [7, 11) is 0. The average Bonchev–Trinajstić information content (AvgIpc) is 2.74. The SMILES string of the molecule is CSCCC(NC(=O)c1ccccc1Cl)C(=O)OCC(=O)NCc1ccc(Cl)cc1. The smallest absolute Gasteiger partial charge is 0.329 e. The van der Waals surface area contributed by atoms with Gasteiger partial charge in [0.05, 0.1) is 10.6 Å². The summed E-state index contributed by atoms with van der Waals surface area (Å²) in [6, 6.07) is 12.7. The molecule has 2 amide bonds. The maximum atomic E-state index is 12.5. The molecule has 0 bridgehead atoms. The summed E-state index contributed by atoms with van der Waals surface area (Å²) < 4.78 is 5.11. The Balaban J connectivity index is 1.87. The standard InChI is InChI=1S/C21H22Cl2N2O4S/c1-30-11-10-18(25-20(27)16-4-2-3-5-17(16)23)21(28)29-13-19(26)24-12-14-6-8-15(22)9-7-14/h2-9,18H,10-13H2,1H3,(H,24,26)(H,25,27). The summed E-state index contributed by atoms with van der Waals surface area (Å²) in [5.41, 5.74) is 1.13. The molecule has 2 aromatic rings. The lowest BCUT2D eigenvalue weighted by molar-refractivity contribution is -0.150. The second-order valence-corrected chi connectivity index (χ2v) is 8.13. The molecule has 1 atom stereocenters. The van der Waals surface area contributed by atoms with E-state index in [2.05, 4.69) is 10.6 Å². The molecule has 0 saturated carbocycles. The quantitative estimate of drug-likeness (QED) is 0.519. The average molecular weight is 469 g/mol. The molecule has 0 radical (unpaired) electrons. The summed E-state index contributed by atoms with van der Waals surface area (Å²) in [4.78, 5) is 36.9. The largest absolute Gasteiger partial charge is 0.454 e. The van der Waals surface area contributed by atoms with Gasteiger partial charge < -0.3 is 15.4 Å². The van der Waals surface area contributed by atoms with Crippen molar-refractivity contribution in [2.24, 2.45) is 0 Å². The van der Waals surface area contributed by atoms with Gasteiger partial charge in [-0.05, 0) is 48.3 Å². The third-order valence-electron chi connectivity index (χ3n) is 4.07. The van der Waals surface area contributed by atoms with Gasteiger partial charge in [0, 0.05) is 11.6 Å². The maximum Gasteiger partial charge on any atom is 0.329 e. The van der Waals surface area contributed by atoms with Gasteiger partial charge in [0.15, 0.2) is 6.61 Å². The lowest BCUT2D eigenvalue weighted by Gasteiger charge is -2.17. The Bertz CT molecular complexity index is 878. The highest BCUT2D eigenvalue weighted by atomic mass is 35.5. The molecule has 1 unspecified atom stereocenters. The molecular weight excluding hydrogens is 447 g/mol. The lowest BCUT2D eigenvalue weighted by atomic mass is 10.1. The van der Waals surface area contributed by atoms with Crippen LogP contribution in [0.1, 0.15) is 22.3 Å². The molecule has 6 nitrogen and oxygen atoms in total. The van der Waals surface area contributed by atoms with Gasteiger partial charge in [0.2, 0.25) is 0 Å². The minimum atomic E-state index is -0.884. The van der Waals surface area contributed by atoms with Crippen LogP contribution < -0.4 is 10.6 Å². The molecule has 0 aliphatic heterocycles. The molecular formula is C21H22Cl2N2O4S. The minimum Gasteiger partial charge on any atom is -0.454 e. The van der Waals surface area contributed by atoms with Crippen molar-refractivity contribution < 1.29 is 19.1 Å². The minimum absolute atomic E-state index is 0.266. The summed E-state index contributed by atoms with van der Waals surface area (Å²) in [6.07, 6.45) is 2.26. The van der Waals surface area contributed by atoms with Crippen molar-refractivity contribution in [1.29, 1.82) is 0 Å². The van der Waals surface area contributed by atoms with Crippen molar-refractivity contribution in [1.82, 2.24) is 10.6 Å². The first-order valence-electron chi connectivity index (χ1n) is 9.13. The number of benzene rings is 2. The first-order chi connectivity index (χ1) is 14.4. The Morgan fingerprint density at radius 2 is 1.77 bits per heavy atom. The molecule has 0 heterocycles. The van der Waals surface area contributed by atoms with E-state index in [0.29, 0.717) is 17.2 Å². The highest BCUT2D eigenvalue weighted by Gasteiger charge is 2.24. The predicted molar refractivity (Wildman–Crippen MR) is 120 cm³/mol. The molecule has 0 saturated heterocycles. The second kappa shape index (κ2) is 12.5. The third-order valence-corrected chi connectivity index (χ3v) is 5.29. The van der Waals surface area contributed by atoms with Crippen molar-refractivity contribution in [2.75, 3.05) is 18.6 Å². The number of carbonyl (C=O) groups is 3. The fraction of sp³-hybridized carbons (Fsp3) is 0.286. The van der Waals surface area contributed by atoms with Crippen LogP contribution in [-0.2, 0) is 20.9 Å². The van der Waals surface area contributed by atoms with Crippen LogP contribution in [0.5, 0.6) is 0 Å². The molecule has 0 aliphatic carbocycles. The number of hydrogen-bond acceptors (Lipinski definition) is 5. The van der Waals surface area contributed by atoms with E-state index >= 15 is 0 Å². The first kappa shape index (κ1) is 24.1. The lowest BCUT2D eigenvalue weighted by Crippen LogP contribution is -2.43. The molecule has 2 N–H and O–H groups in total. The number of nitrogens with one attached hydrogen (secondary N) is 2. The van der Waals surface area contributed by atoms with E-state index < -0.39 is 30.4 Å². The van der Waals surface area contributed by atoms with E-state index in [0.717, 1.165) is 5.56 Å². The van der Waals surface area contributed by atoms with E-state index in [9.17, 15) is 14.4 Å². The second-order valence-electron chi connectivity index (χ2n) is 6.30. The van der Waals surface area contributed by atoms with Gasteiger partial charge in [-0.15, -0.1) is 0 Å². The van der Waals surface area contributed by atoms with E-state index in [-0.39, 0.29) is 17.1 Å². The van der Waals surface area contributed by atoms with E-state index in [1.54, 1.807) is 48.5 Å². The van der Waals surface area contributed by atoms with E-state index in [1.165, 1.54) is 11.8 Å². The zero-order valence-electron chi connectivity index (χ0n) is 16.3. The van der Waals surface area contributed by atoms with Gasteiger partial charge in [0.1, 0.15) is 6.04 Å². The molecule has 0 aromatic heterocycles. The van der Waals surface area contributed by atoms with Gasteiger partial charge >= 0.3 is 5.97 Å². The highest BCUT2D eigenvalue weighted by Crippen LogP contribution is 2.15. The van der Waals surface area contributed by atoms with Crippen molar-refractivity contribution in [2.45, 2.75) is 19.0 Å². The molecule has 0 aliphatic rings. The van der Waals surface area contributed by atoms with Gasteiger partial charge in [-0.25, -0.2) is 4.79 Å². The Labute approximate surface area is 189 Å². The molecule has 2 rings (SSSR count). The van der Waals surface area contributed by atoms with E-state index in [1.807, 2.05) is 6.26 Å². The predicted octanol–water partition coefficient (Wildman–Crippen LogP) is 3.70. The summed E-state index contributed by atoms with van der Waals surface area (Å²) >= 11 is 13.4. The van der Waals surface area contributed by atoms with Crippen LogP contribution in [0.4, 0.5) is 0 Å². The van der Waals surface area contributed by atoms with Gasteiger partial charge in [-0.3, -0.25) is 9.59 Å². The van der Waals surface area contributed by atoms with Crippen molar-refractivity contribution in [3.05, 3.63) is 69.7 Å².